The molecule has 0 saturated heterocycles. The number of benzene rings is 7. The number of aromatic hydroxyl groups is 1. The van der Waals surface area contributed by atoms with Crippen LogP contribution in [0.1, 0.15) is 147 Å². The van der Waals surface area contributed by atoms with Crippen LogP contribution in [0.2, 0.25) is 0 Å². The Labute approximate surface area is 436 Å². The summed E-state index contributed by atoms with van der Waals surface area (Å²) < 4.78 is 76.5. The normalized spacial score (nSPS) is 14.8. The molecule has 0 atom stereocenters. The first-order chi connectivity index (χ1) is 37.3. The highest BCUT2D eigenvalue weighted by Gasteiger charge is 2.27. The lowest BCUT2D eigenvalue weighted by molar-refractivity contribution is 0.466. The van der Waals surface area contributed by atoms with E-state index in [0.29, 0.717) is 28.2 Å². The molecular weight excluding hydrogens is 863 g/mol. The lowest BCUT2D eigenvalue weighted by atomic mass is 9.83. The molecule has 2 heterocycles. The van der Waals surface area contributed by atoms with Gasteiger partial charge in [-0.3, -0.25) is 9.55 Å². The standard InChI is InChI=1S/C67H71N3O/c1-41(2)48-37-55(42(3)4)63(71)58(38-48)64-69-62-54(49-34-50(36-53(35-49)67(12,13)14)59-39-47(31-32-68-59)44-23-27-51(28-24-44)65(6,7)8)21-18-22-60(62)70(64)61-33-43(5)56(45-19-16-15-17-20-45)40-57(61)46-25-29-52(30-26-46)66(9,10)11/h15-42,71H,1-14H3/i6D3,7D3,8D3. The van der Waals surface area contributed by atoms with Crippen LogP contribution in [0.3, 0.4) is 0 Å². The molecule has 0 aliphatic carbocycles. The Bertz CT molecular complexity index is 3720. The number of para-hydroxylation sites is 1. The number of pyridine rings is 1. The first-order valence-electron chi connectivity index (χ1n) is 29.2. The number of aromatic nitrogens is 3. The summed E-state index contributed by atoms with van der Waals surface area (Å²) in [6, 6.07) is 50.3. The van der Waals surface area contributed by atoms with E-state index < -0.39 is 26.0 Å². The minimum Gasteiger partial charge on any atom is -0.507 e. The van der Waals surface area contributed by atoms with Gasteiger partial charge in [-0.15, -0.1) is 0 Å². The quantitative estimate of drug-likeness (QED) is 0.157. The molecule has 0 saturated carbocycles. The Morgan fingerprint density at radius 3 is 1.77 bits per heavy atom. The van der Waals surface area contributed by atoms with Crippen LogP contribution in [-0.2, 0) is 16.2 Å². The van der Waals surface area contributed by atoms with E-state index in [0.717, 1.165) is 77.9 Å². The highest BCUT2D eigenvalue weighted by Crippen LogP contribution is 2.46. The van der Waals surface area contributed by atoms with Crippen molar-refractivity contribution in [1.82, 2.24) is 14.5 Å². The molecule has 0 fully saturated rings. The predicted molar refractivity (Wildman–Crippen MR) is 302 cm³/mol. The van der Waals surface area contributed by atoms with E-state index in [2.05, 4.69) is 190 Å². The third-order valence-corrected chi connectivity index (χ3v) is 13.9. The topological polar surface area (TPSA) is 50.9 Å². The van der Waals surface area contributed by atoms with Gasteiger partial charge in [0.2, 0.25) is 0 Å². The van der Waals surface area contributed by atoms with Gasteiger partial charge in [-0.25, -0.2) is 4.98 Å². The highest BCUT2D eigenvalue weighted by atomic mass is 16.3. The Hall–Kier alpha value is -7.04. The van der Waals surface area contributed by atoms with Crippen molar-refractivity contribution in [3.8, 4) is 78.6 Å². The molecule has 0 spiro atoms. The molecule has 4 nitrogen and oxygen atoms in total. The zero-order chi connectivity index (χ0) is 58.2. The molecule has 0 aliphatic heterocycles. The van der Waals surface area contributed by atoms with Crippen molar-refractivity contribution in [3.05, 3.63) is 191 Å². The first-order valence-corrected chi connectivity index (χ1v) is 24.7. The Morgan fingerprint density at radius 1 is 0.507 bits per heavy atom. The van der Waals surface area contributed by atoms with Gasteiger partial charge in [0.25, 0.3) is 0 Å². The summed E-state index contributed by atoms with van der Waals surface area (Å²) in [4.78, 5) is 10.6. The van der Waals surface area contributed by atoms with Crippen molar-refractivity contribution in [2.75, 3.05) is 0 Å². The highest BCUT2D eigenvalue weighted by molar-refractivity contribution is 5.98. The summed E-state index contributed by atoms with van der Waals surface area (Å²) in [5.41, 5.74) is 13.5. The second-order valence-electron chi connectivity index (χ2n) is 21.9. The number of fused-ring (bicyclic) bond motifs is 1. The number of aryl methyl sites for hydroxylation is 1. The van der Waals surface area contributed by atoms with E-state index >= 15 is 0 Å². The number of imidazole rings is 1. The third-order valence-electron chi connectivity index (χ3n) is 13.9. The van der Waals surface area contributed by atoms with E-state index in [1.54, 1.807) is 18.3 Å². The molecule has 0 bridgehead atoms. The van der Waals surface area contributed by atoms with Gasteiger partial charge in [0, 0.05) is 35.2 Å². The minimum absolute atomic E-state index is 0.0268. The van der Waals surface area contributed by atoms with Crippen molar-refractivity contribution in [1.29, 1.82) is 0 Å². The van der Waals surface area contributed by atoms with Crippen molar-refractivity contribution >= 4 is 11.0 Å². The van der Waals surface area contributed by atoms with Gasteiger partial charge in [0.1, 0.15) is 11.6 Å². The number of phenols is 1. The summed E-state index contributed by atoms with van der Waals surface area (Å²) in [7, 11) is 0. The Kier molecular flexibility index (Phi) is 10.1. The Balaban J connectivity index is 1.29. The summed E-state index contributed by atoms with van der Waals surface area (Å²) >= 11 is 0. The molecule has 9 aromatic rings. The summed E-state index contributed by atoms with van der Waals surface area (Å²) in [5.74, 6) is 0.993. The van der Waals surface area contributed by atoms with Gasteiger partial charge in [0.15, 0.2) is 0 Å². The molecule has 0 aliphatic rings. The molecule has 0 radical (unpaired) electrons. The SMILES string of the molecule is [2H]C([2H])([2H])C(c1ccc(-c2ccnc(-c3cc(-c4cccc5c4nc(-c4cc(C(C)C)cc(C(C)C)c4O)n5-c4cc(C)c(-c5ccccc5)cc4-c4ccc(C(C)(C)C)cc4)cc(C(C)(C)C)c3)c2)cc1)(C([2H])([2H])[2H])C([2H])([2H])[2H]. The number of hydrogen-bond donors (Lipinski definition) is 1. The zero-order valence-corrected chi connectivity index (χ0v) is 43.0. The van der Waals surface area contributed by atoms with Crippen molar-refractivity contribution in [3.63, 3.8) is 0 Å². The van der Waals surface area contributed by atoms with Gasteiger partial charge in [-0.2, -0.15) is 0 Å². The van der Waals surface area contributed by atoms with E-state index in [4.69, 9.17) is 22.3 Å². The van der Waals surface area contributed by atoms with E-state index in [9.17, 15) is 5.11 Å². The van der Waals surface area contributed by atoms with Gasteiger partial charge < -0.3 is 5.11 Å². The predicted octanol–water partition coefficient (Wildman–Crippen LogP) is 18.6. The Morgan fingerprint density at radius 2 is 1.14 bits per heavy atom. The maximum atomic E-state index is 12.6. The number of hydrogen-bond acceptors (Lipinski definition) is 3. The summed E-state index contributed by atoms with van der Waals surface area (Å²) in [6.07, 6.45) is 1.69. The molecule has 7 aromatic carbocycles. The van der Waals surface area contributed by atoms with Crippen molar-refractivity contribution in [2.24, 2.45) is 0 Å². The second-order valence-corrected chi connectivity index (χ2v) is 21.9. The molecule has 2 aromatic heterocycles. The fourth-order valence-corrected chi connectivity index (χ4v) is 9.61. The molecule has 71 heavy (non-hydrogen) atoms. The number of rotatable bonds is 9. The molecule has 360 valence electrons. The summed E-state index contributed by atoms with van der Waals surface area (Å²) in [6.45, 7) is 13.8. The smallest absolute Gasteiger partial charge is 0.149 e. The molecular formula is C67H71N3O. The fourth-order valence-electron chi connectivity index (χ4n) is 9.61. The van der Waals surface area contributed by atoms with Crippen LogP contribution in [0.15, 0.2) is 158 Å². The van der Waals surface area contributed by atoms with Gasteiger partial charge in [-0.05, 0) is 150 Å². The van der Waals surface area contributed by atoms with Gasteiger partial charge >= 0.3 is 0 Å². The average molecular weight is 943 g/mol. The average Bonchev–Trinajstić information content (AvgIpc) is 3.88. The van der Waals surface area contributed by atoms with Crippen molar-refractivity contribution in [2.45, 2.75) is 125 Å². The maximum absolute atomic E-state index is 12.6. The third kappa shape index (κ3) is 9.74. The number of phenolic OH excluding ortho intramolecular Hbond substituents is 1. The molecule has 0 unspecified atom stereocenters. The van der Waals surface area contributed by atoms with Crippen molar-refractivity contribution < 1.29 is 17.4 Å². The van der Waals surface area contributed by atoms with Gasteiger partial charge in [0.05, 0.1) is 28.0 Å². The minimum atomic E-state index is -3.37. The fraction of sp³-hybridized carbons (Fsp3) is 0.284. The molecule has 4 heteroatoms. The van der Waals surface area contributed by atoms with Crippen LogP contribution in [0, 0.1) is 6.92 Å². The summed E-state index contributed by atoms with van der Waals surface area (Å²) in [5, 5.41) is 12.6. The molecule has 9 rings (SSSR count). The van der Waals surface area contributed by atoms with Crippen LogP contribution < -0.4 is 0 Å². The van der Waals surface area contributed by atoms with E-state index in [-0.39, 0.29) is 34.0 Å². The van der Waals surface area contributed by atoms with E-state index in [1.165, 1.54) is 17.7 Å². The van der Waals surface area contributed by atoms with Crippen LogP contribution in [0.4, 0.5) is 0 Å². The second kappa shape index (κ2) is 18.6. The number of nitrogens with zero attached hydrogens (tertiary/aromatic N) is 3. The first kappa shape index (κ1) is 38.7. The van der Waals surface area contributed by atoms with E-state index in [1.807, 2.05) is 18.2 Å². The molecule has 1 N–H and O–H groups in total. The lowest BCUT2D eigenvalue weighted by Crippen LogP contribution is -2.11. The van der Waals surface area contributed by atoms with Crippen LogP contribution >= 0.6 is 0 Å². The van der Waals surface area contributed by atoms with Crippen LogP contribution in [-0.4, -0.2) is 19.6 Å². The largest absolute Gasteiger partial charge is 0.507 e. The lowest BCUT2D eigenvalue weighted by Gasteiger charge is -2.22. The van der Waals surface area contributed by atoms with Crippen LogP contribution in [0.5, 0.6) is 5.75 Å². The zero-order valence-electron chi connectivity index (χ0n) is 52.0. The van der Waals surface area contributed by atoms with Gasteiger partial charge in [-0.1, -0.05) is 193 Å². The van der Waals surface area contributed by atoms with Crippen LogP contribution in [0.25, 0.3) is 83.9 Å². The molecule has 0 amide bonds. The maximum Gasteiger partial charge on any atom is 0.149 e. The monoisotopic (exact) mass is 943 g/mol.